The van der Waals surface area contributed by atoms with Gasteiger partial charge in [0.25, 0.3) is 11.6 Å². The Kier molecular flexibility index (Phi) is 5.68. The molecule has 0 radical (unpaired) electrons. The summed E-state index contributed by atoms with van der Waals surface area (Å²) in [6, 6.07) is 18.3. The van der Waals surface area contributed by atoms with E-state index in [-0.39, 0.29) is 28.3 Å². The number of hydrogen-bond donors (Lipinski definition) is 1. The van der Waals surface area contributed by atoms with Gasteiger partial charge in [-0.3, -0.25) is 24.6 Å². The topological polar surface area (TPSA) is 92.6 Å². The Morgan fingerprint density at radius 1 is 1.10 bits per heavy atom. The van der Waals surface area contributed by atoms with Crippen LogP contribution in [0.25, 0.3) is 0 Å². The first-order valence-electron chi connectivity index (χ1n) is 9.27. The summed E-state index contributed by atoms with van der Waals surface area (Å²) in [6.07, 6.45) is 0. The fourth-order valence-corrected chi connectivity index (χ4v) is 4.48. The molecule has 0 aromatic heterocycles. The van der Waals surface area contributed by atoms with Crippen molar-refractivity contribution in [1.29, 1.82) is 0 Å². The molecular weight excluding hydrogens is 421 g/mol. The van der Waals surface area contributed by atoms with E-state index in [2.05, 4.69) is 5.32 Å². The first-order chi connectivity index (χ1) is 14.9. The first kappa shape index (κ1) is 20.5. The summed E-state index contributed by atoms with van der Waals surface area (Å²) in [7, 11) is 0. The highest BCUT2D eigenvalue weighted by Crippen LogP contribution is 2.42. The van der Waals surface area contributed by atoms with Crippen molar-refractivity contribution in [1.82, 2.24) is 0 Å². The van der Waals surface area contributed by atoms with Gasteiger partial charge in [0.1, 0.15) is 11.2 Å². The lowest BCUT2D eigenvalue weighted by atomic mass is 10.1. The van der Waals surface area contributed by atoms with Crippen LogP contribution in [0.5, 0.6) is 0 Å². The summed E-state index contributed by atoms with van der Waals surface area (Å²) < 4.78 is 13.7. The molecule has 1 N–H and O–H groups in total. The van der Waals surface area contributed by atoms with E-state index < -0.39 is 16.6 Å². The molecule has 31 heavy (non-hydrogen) atoms. The number of thioether (sulfide) groups is 1. The number of hydrogen-bond acceptors (Lipinski definition) is 5. The van der Waals surface area contributed by atoms with Crippen molar-refractivity contribution in [2.45, 2.75) is 5.37 Å². The molecule has 0 saturated carbocycles. The molecule has 3 aromatic rings. The minimum absolute atomic E-state index is 0.133. The van der Waals surface area contributed by atoms with Gasteiger partial charge in [-0.05, 0) is 42.0 Å². The van der Waals surface area contributed by atoms with Gasteiger partial charge in [-0.2, -0.15) is 0 Å². The number of nitrogens with zero attached hydrogens (tertiary/aromatic N) is 2. The highest BCUT2D eigenvalue weighted by molar-refractivity contribution is 8.00. The number of nitro benzene ring substituents is 1. The number of nitro groups is 1. The number of carbonyl (C=O) groups excluding carboxylic acids is 2. The summed E-state index contributed by atoms with van der Waals surface area (Å²) in [5.41, 5.74) is 1.69. The predicted octanol–water partition coefficient (Wildman–Crippen LogP) is 4.76. The Labute approximate surface area is 181 Å². The standard InChI is InChI=1S/C22H16FN3O4S/c23-16-6-3-8-18(12-16)25-20(27)13-31-22(25)15-5-1-7-17(10-15)24-21(28)14-4-2-9-19(11-14)26(29)30/h1-12,22H,13H2,(H,24,28)/t22-/m0/s1. The Hall–Kier alpha value is -3.72. The van der Waals surface area contributed by atoms with Crippen molar-refractivity contribution in [2.24, 2.45) is 0 Å². The summed E-state index contributed by atoms with van der Waals surface area (Å²) in [4.78, 5) is 36.9. The van der Waals surface area contributed by atoms with Crippen LogP contribution in [0, 0.1) is 15.9 Å². The summed E-state index contributed by atoms with van der Waals surface area (Å²) in [5.74, 6) is -0.797. The van der Waals surface area contributed by atoms with Crippen LogP contribution < -0.4 is 10.2 Å². The SMILES string of the molecule is O=C(Nc1cccc([C@@H]2SCC(=O)N2c2cccc(F)c2)c1)c1cccc([N+](=O)[O-])c1. The monoisotopic (exact) mass is 437 g/mol. The van der Waals surface area contributed by atoms with E-state index in [1.54, 1.807) is 30.3 Å². The number of amides is 2. The predicted molar refractivity (Wildman–Crippen MR) is 117 cm³/mol. The number of non-ortho nitro benzene ring substituents is 1. The second-order valence-corrected chi connectivity index (χ2v) is 7.86. The maximum absolute atomic E-state index is 13.7. The summed E-state index contributed by atoms with van der Waals surface area (Å²) >= 11 is 1.41. The van der Waals surface area contributed by atoms with Crippen molar-refractivity contribution >= 4 is 40.6 Å². The van der Waals surface area contributed by atoms with Crippen LogP contribution in [0.15, 0.2) is 72.8 Å². The molecule has 1 heterocycles. The zero-order valence-electron chi connectivity index (χ0n) is 16.0. The largest absolute Gasteiger partial charge is 0.322 e. The third kappa shape index (κ3) is 4.41. The number of carbonyl (C=O) groups is 2. The number of halogens is 1. The zero-order chi connectivity index (χ0) is 22.0. The van der Waals surface area contributed by atoms with Gasteiger partial charge < -0.3 is 5.32 Å². The van der Waals surface area contributed by atoms with Gasteiger partial charge in [0, 0.05) is 29.1 Å². The van der Waals surface area contributed by atoms with Gasteiger partial charge in [0.15, 0.2) is 0 Å². The molecule has 1 atom stereocenters. The number of anilines is 2. The van der Waals surface area contributed by atoms with Crippen LogP contribution in [-0.2, 0) is 4.79 Å². The van der Waals surface area contributed by atoms with E-state index in [4.69, 9.17) is 0 Å². The Balaban J connectivity index is 1.58. The highest BCUT2D eigenvalue weighted by atomic mass is 32.2. The van der Waals surface area contributed by atoms with Crippen molar-refractivity contribution in [3.63, 3.8) is 0 Å². The molecule has 1 aliphatic heterocycles. The molecule has 3 aromatic carbocycles. The minimum atomic E-state index is -0.563. The van der Waals surface area contributed by atoms with Crippen LogP contribution in [0.1, 0.15) is 21.3 Å². The molecule has 0 bridgehead atoms. The van der Waals surface area contributed by atoms with E-state index in [1.165, 1.54) is 53.1 Å². The third-order valence-corrected chi connectivity index (χ3v) is 5.92. The second kappa shape index (κ2) is 8.57. The molecular formula is C22H16FN3O4S. The van der Waals surface area contributed by atoms with E-state index in [0.717, 1.165) is 5.56 Å². The van der Waals surface area contributed by atoms with Gasteiger partial charge in [-0.25, -0.2) is 4.39 Å². The molecule has 7 nitrogen and oxygen atoms in total. The lowest BCUT2D eigenvalue weighted by molar-refractivity contribution is -0.384. The van der Waals surface area contributed by atoms with Crippen molar-refractivity contribution in [3.8, 4) is 0 Å². The third-order valence-electron chi connectivity index (χ3n) is 4.70. The molecule has 156 valence electrons. The molecule has 9 heteroatoms. The van der Waals surface area contributed by atoms with Gasteiger partial charge in [-0.1, -0.05) is 24.3 Å². The van der Waals surface area contributed by atoms with E-state index in [9.17, 15) is 24.1 Å². The highest BCUT2D eigenvalue weighted by Gasteiger charge is 2.34. The Bertz CT molecular complexity index is 1190. The smallest absolute Gasteiger partial charge is 0.270 e. The number of nitrogens with one attached hydrogen (secondary N) is 1. The van der Waals surface area contributed by atoms with Crippen LogP contribution in [0.3, 0.4) is 0 Å². The molecule has 2 amide bonds. The molecule has 1 fully saturated rings. The second-order valence-electron chi connectivity index (χ2n) is 6.79. The molecule has 4 rings (SSSR count). The fraction of sp³-hybridized carbons (Fsp3) is 0.0909. The number of benzene rings is 3. The maximum atomic E-state index is 13.7. The van der Waals surface area contributed by atoms with E-state index in [0.29, 0.717) is 11.4 Å². The van der Waals surface area contributed by atoms with Crippen molar-refractivity contribution < 1.29 is 18.9 Å². The lowest BCUT2D eigenvalue weighted by Gasteiger charge is -2.24. The lowest BCUT2D eigenvalue weighted by Crippen LogP contribution is -2.27. The fourth-order valence-electron chi connectivity index (χ4n) is 3.31. The normalized spacial score (nSPS) is 15.7. The molecule has 1 saturated heterocycles. The molecule has 0 spiro atoms. The van der Waals surface area contributed by atoms with Crippen LogP contribution in [0.2, 0.25) is 0 Å². The molecule has 0 aliphatic carbocycles. The summed E-state index contributed by atoms with van der Waals surface area (Å²) in [5, 5.41) is 13.3. The van der Waals surface area contributed by atoms with Gasteiger partial charge in [-0.15, -0.1) is 11.8 Å². The maximum Gasteiger partial charge on any atom is 0.270 e. The average Bonchev–Trinajstić information content (AvgIpc) is 3.15. The van der Waals surface area contributed by atoms with Gasteiger partial charge in [0.05, 0.1) is 10.7 Å². The van der Waals surface area contributed by atoms with Crippen LogP contribution >= 0.6 is 11.8 Å². The van der Waals surface area contributed by atoms with Gasteiger partial charge >= 0.3 is 0 Å². The Morgan fingerprint density at radius 2 is 1.87 bits per heavy atom. The van der Waals surface area contributed by atoms with Gasteiger partial charge in [0.2, 0.25) is 5.91 Å². The van der Waals surface area contributed by atoms with E-state index >= 15 is 0 Å². The molecule has 0 unspecified atom stereocenters. The van der Waals surface area contributed by atoms with Crippen LogP contribution in [0.4, 0.5) is 21.5 Å². The number of rotatable bonds is 5. The summed E-state index contributed by atoms with van der Waals surface area (Å²) in [6.45, 7) is 0. The first-order valence-corrected chi connectivity index (χ1v) is 10.3. The Morgan fingerprint density at radius 3 is 2.65 bits per heavy atom. The average molecular weight is 437 g/mol. The van der Waals surface area contributed by atoms with Crippen molar-refractivity contribution in [3.05, 3.63) is 99.9 Å². The van der Waals surface area contributed by atoms with E-state index in [1.807, 2.05) is 6.07 Å². The van der Waals surface area contributed by atoms with Crippen molar-refractivity contribution in [2.75, 3.05) is 16.0 Å². The molecule has 1 aliphatic rings. The quantitative estimate of drug-likeness (QED) is 0.459. The minimum Gasteiger partial charge on any atom is -0.322 e. The zero-order valence-corrected chi connectivity index (χ0v) is 16.8. The van der Waals surface area contributed by atoms with Crippen LogP contribution in [-0.4, -0.2) is 22.5 Å².